The van der Waals surface area contributed by atoms with Gasteiger partial charge in [0.1, 0.15) is 6.61 Å². The highest BCUT2D eigenvalue weighted by Crippen LogP contribution is 2.19. The molecule has 1 fully saturated rings. The van der Waals surface area contributed by atoms with Crippen molar-refractivity contribution in [2.45, 2.75) is 19.4 Å². The van der Waals surface area contributed by atoms with Gasteiger partial charge in [0.05, 0.1) is 12.5 Å². The molecule has 1 heterocycles. The zero-order valence-corrected chi connectivity index (χ0v) is 11.6. The Kier molecular flexibility index (Phi) is 5.12. The first-order valence-corrected chi connectivity index (χ1v) is 6.73. The second-order valence-electron chi connectivity index (χ2n) is 4.82. The van der Waals surface area contributed by atoms with Crippen LogP contribution in [0.2, 0.25) is 0 Å². The molecule has 0 N–H and O–H groups in total. The van der Waals surface area contributed by atoms with Crippen LogP contribution in [0.25, 0.3) is 0 Å². The highest BCUT2D eigenvalue weighted by molar-refractivity contribution is 5.93. The smallest absolute Gasteiger partial charge is 0.416 e. The molecule has 2 rings (SSSR count). The predicted molar refractivity (Wildman–Crippen MR) is 72.9 cm³/mol. The van der Waals surface area contributed by atoms with Gasteiger partial charge in [0.25, 0.3) is 0 Å². The van der Waals surface area contributed by atoms with E-state index < -0.39 is 6.09 Å². The Bertz CT molecular complexity index is 458. The molecule has 2 amide bonds. The number of nitrogens with zero attached hydrogens (tertiary/aromatic N) is 1. The standard InChI is InChI=1S/C15H19NO4/c1-19-11-13-8-5-9-16(14(13)17)15(18)20-10-12-6-3-2-4-7-12/h2-4,6-7,13H,5,8-11H2,1H3/t13-/m0/s1. The van der Waals surface area contributed by atoms with Crippen LogP contribution in [0.1, 0.15) is 18.4 Å². The molecule has 5 nitrogen and oxygen atoms in total. The van der Waals surface area contributed by atoms with Crippen LogP contribution >= 0.6 is 0 Å². The Morgan fingerprint density at radius 2 is 2.10 bits per heavy atom. The van der Waals surface area contributed by atoms with Crippen LogP contribution in [0.4, 0.5) is 4.79 Å². The van der Waals surface area contributed by atoms with Gasteiger partial charge < -0.3 is 9.47 Å². The molecule has 0 bridgehead atoms. The van der Waals surface area contributed by atoms with Gasteiger partial charge in [0.15, 0.2) is 0 Å². The summed E-state index contributed by atoms with van der Waals surface area (Å²) in [4.78, 5) is 25.3. The fourth-order valence-electron chi connectivity index (χ4n) is 2.28. The molecule has 108 valence electrons. The van der Waals surface area contributed by atoms with Gasteiger partial charge in [-0.1, -0.05) is 30.3 Å². The van der Waals surface area contributed by atoms with E-state index in [0.29, 0.717) is 13.2 Å². The van der Waals surface area contributed by atoms with Crippen LogP contribution < -0.4 is 0 Å². The van der Waals surface area contributed by atoms with Gasteiger partial charge in [-0.25, -0.2) is 9.69 Å². The molecule has 20 heavy (non-hydrogen) atoms. The molecule has 1 saturated heterocycles. The molecule has 0 saturated carbocycles. The maximum atomic E-state index is 12.1. The fraction of sp³-hybridized carbons (Fsp3) is 0.467. The number of imide groups is 1. The summed E-state index contributed by atoms with van der Waals surface area (Å²) in [6.07, 6.45) is 0.981. The summed E-state index contributed by atoms with van der Waals surface area (Å²) in [5.74, 6) is -0.436. The first kappa shape index (κ1) is 14.5. The number of carbonyl (C=O) groups excluding carboxylic acids is 2. The number of ether oxygens (including phenoxy) is 2. The number of amides is 2. The summed E-state index contributed by atoms with van der Waals surface area (Å²) in [6, 6.07) is 9.40. The minimum atomic E-state index is -0.570. The average molecular weight is 277 g/mol. The Hall–Kier alpha value is -1.88. The van der Waals surface area contributed by atoms with E-state index in [1.165, 1.54) is 4.90 Å². The highest BCUT2D eigenvalue weighted by Gasteiger charge is 2.33. The lowest BCUT2D eigenvalue weighted by atomic mass is 9.98. The molecular weight excluding hydrogens is 258 g/mol. The van der Waals surface area contributed by atoms with Crippen molar-refractivity contribution in [2.75, 3.05) is 20.3 Å². The van der Waals surface area contributed by atoms with Gasteiger partial charge in [-0.3, -0.25) is 4.79 Å². The van der Waals surface area contributed by atoms with Crippen LogP contribution in [-0.2, 0) is 20.9 Å². The van der Waals surface area contributed by atoms with E-state index in [1.807, 2.05) is 30.3 Å². The maximum absolute atomic E-state index is 12.1. The number of rotatable bonds is 4. The molecule has 1 atom stereocenters. The zero-order valence-electron chi connectivity index (χ0n) is 11.6. The van der Waals surface area contributed by atoms with Crippen molar-refractivity contribution >= 4 is 12.0 Å². The van der Waals surface area contributed by atoms with Crippen molar-refractivity contribution < 1.29 is 19.1 Å². The third-order valence-electron chi connectivity index (χ3n) is 3.34. The van der Waals surface area contributed by atoms with Crippen LogP contribution in [0.15, 0.2) is 30.3 Å². The van der Waals surface area contributed by atoms with Gasteiger partial charge in [-0.15, -0.1) is 0 Å². The number of hydrogen-bond donors (Lipinski definition) is 0. The summed E-state index contributed by atoms with van der Waals surface area (Å²) in [7, 11) is 1.56. The molecule has 1 aromatic carbocycles. The van der Waals surface area contributed by atoms with E-state index in [-0.39, 0.29) is 18.4 Å². The van der Waals surface area contributed by atoms with Gasteiger partial charge in [0.2, 0.25) is 5.91 Å². The second-order valence-corrected chi connectivity index (χ2v) is 4.82. The maximum Gasteiger partial charge on any atom is 0.416 e. The monoisotopic (exact) mass is 277 g/mol. The average Bonchev–Trinajstić information content (AvgIpc) is 2.48. The van der Waals surface area contributed by atoms with E-state index in [4.69, 9.17) is 9.47 Å². The van der Waals surface area contributed by atoms with Crippen molar-refractivity contribution in [2.24, 2.45) is 5.92 Å². The van der Waals surface area contributed by atoms with E-state index in [1.54, 1.807) is 7.11 Å². The van der Waals surface area contributed by atoms with Crippen molar-refractivity contribution in [3.05, 3.63) is 35.9 Å². The Balaban J connectivity index is 1.90. The third-order valence-corrected chi connectivity index (χ3v) is 3.34. The quantitative estimate of drug-likeness (QED) is 0.846. The van der Waals surface area contributed by atoms with E-state index in [9.17, 15) is 9.59 Å². The summed E-state index contributed by atoms with van der Waals surface area (Å²) in [6.45, 7) is 0.951. The zero-order chi connectivity index (χ0) is 14.4. The molecule has 1 aliphatic rings. The lowest BCUT2D eigenvalue weighted by Crippen LogP contribution is -2.46. The van der Waals surface area contributed by atoms with E-state index in [2.05, 4.69) is 0 Å². The predicted octanol–water partition coefficient (Wildman–Crippen LogP) is 2.21. The van der Waals surface area contributed by atoms with Crippen molar-refractivity contribution in [3.63, 3.8) is 0 Å². The Morgan fingerprint density at radius 1 is 1.35 bits per heavy atom. The lowest BCUT2D eigenvalue weighted by molar-refractivity contribution is -0.138. The molecule has 1 aromatic rings. The first-order valence-electron chi connectivity index (χ1n) is 6.73. The molecular formula is C15H19NO4. The number of piperidine rings is 1. The van der Waals surface area contributed by atoms with Crippen LogP contribution in [-0.4, -0.2) is 37.2 Å². The van der Waals surface area contributed by atoms with E-state index in [0.717, 1.165) is 18.4 Å². The topological polar surface area (TPSA) is 55.8 Å². The molecule has 1 aliphatic heterocycles. The van der Waals surface area contributed by atoms with Gasteiger partial charge >= 0.3 is 6.09 Å². The van der Waals surface area contributed by atoms with Crippen LogP contribution in [0, 0.1) is 5.92 Å². The third kappa shape index (κ3) is 3.57. The van der Waals surface area contributed by atoms with Gasteiger partial charge in [-0.05, 0) is 18.4 Å². The largest absolute Gasteiger partial charge is 0.444 e. The summed E-state index contributed by atoms with van der Waals surface area (Å²) in [5.41, 5.74) is 0.902. The molecule has 5 heteroatoms. The summed E-state index contributed by atoms with van der Waals surface area (Å²) in [5, 5.41) is 0. The summed E-state index contributed by atoms with van der Waals surface area (Å²) < 4.78 is 10.2. The van der Waals surface area contributed by atoms with E-state index >= 15 is 0 Å². The number of hydrogen-bond acceptors (Lipinski definition) is 4. The Morgan fingerprint density at radius 3 is 2.80 bits per heavy atom. The van der Waals surface area contributed by atoms with Gasteiger partial charge in [-0.2, -0.15) is 0 Å². The van der Waals surface area contributed by atoms with Crippen LogP contribution in [0.3, 0.4) is 0 Å². The number of likely N-dealkylation sites (tertiary alicyclic amines) is 1. The highest BCUT2D eigenvalue weighted by atomic mass is 16.6. The SMILES string of the molecule is COC[C@@H]1CCCN(C(=O)OCc2ccccc2)C1=O. The molecule has 0 aromatic heterocycles. The minimum Gasteiger partial charge on any atom is -0.444 e. The van der Waals surface area contributed by atoms with Gasteiger partial charge in [0, 0.05) is 13.7 Å². The molecule has 0 aliphatic carbocycles. The number of carbonyl (C=O) groups is 2. The number of methoxy groups -OCH3 is 1. The second kappa shape index (κ2) is 7.05. The molecule has 0 radical (unpaired) electrons. The van der Waals surface area contributed by atoms with Crippen LogP contribution in [0.5, 0.6) is 0 Å². The minimum absolute atomic E-state index is 0.179. The fourth-order valence-corrected chi connectivity index (χ4v) is 2.28. The van der Waals surface area contributed by atoms with Crippen molar-refractivity contribution in [1.82, 2.24) is 4.90 Å². The molecule has 0 spiro atoms. The van der Waals surface area contributed by atoms with Crippen molar-refractivity contribution in [3.8, 4) is 0 Å². The Labute approximate surface area is 118 Å². The normalized spacial score (nSPS) is 18.9. The number of benzene rings is 1. The summed E-state index contributed by atoms with van der Waals surface area (Å²) >= 11 is 0. The lowest BCUT2D eigenvalue weighted by Gasteiger charge is -2.29. The van der Waals surface area contributed by atoms with Crippen molar-refractivity contribution in [1.29, 1.82) is 0 Å². The molecule has 0 unspecified atom stereocenters. The first-order chi connectivity index (χ1) is 9.72.